The summed E-state index contributed by atoms with van der Waals surface area (Å²) in [4.78, 5) is 16.4. The van der Waals surface area contributed by atoms with Gasteiger partial charge in [0.2, 0.25) is 0 Å². The van der Waals surface area contributed by atoms with Crippen molar-refractivity contribution in [3.8, 4) is 0 Å². The molecular formula is C23H25BrClFN6O2. The first-order valence-electron chi connectivity index (χ1n) is 10.7. The first kappa shape index (κ1) is 24.3. The SMILES string of the molecule is CC(C)(C)OC(=O)N[C@H]1C[C@@H](Nc2c(/C(N)=N/c3cc(F)ccc3Cl)cnn3cc(Br)cc23)C1. The molecule has 1 aliphatic carbocycles. The topological polar surface area (TPSA) is 106 Å². The van der Waals surface area contributed by atoms with Crippen molar-refractivity contribution in [2.24, 2.45) is 10.7 Å². The summed E-state index contributed by atoms with van der Waals surface area (Å²) < 4.78 is 21.6. The zero-order valence-electron chi connectivity index (χ0n) is 18.9. The van der Waals surface area contributed by atoms with Gasteiger partial charge >= 0.3 is 6.09 Å². The van der Waals surface area contributed by atoms with E-state index in [4.69, 9.17) is 22.1 Å². The highest BCUT2D eigenvalue weighted by Gasteiger charge is 2.32. The molecule has 0 atom stereocenters. The van der Waals surface area contributed by atoms with Crippen molar-refractivity contribution in [3.63, 3.8) is 0 Å². The molecule has 1 fully saturated rings. The molecule has 0 bridgehead atoms. The zero-order chi connectivity index (χ0) is 24.6. The molecule has 0 radical (unpaired) electrons. The van der Waals surface area contributed by atoms with Crippen LogP contribution < -0.4 is 16.4 Å². The number of carbonyl (C=O) groups is 1. The summed E-state index contributed by atoms with van der Waals surface area (Å²) in [5, 5.41) is 11.1. The molecule has 0 aliphatic heterocycles. The number of alkyl carbamates (subject to hydrolysis) is 1. The first-order chi connectivity index (χ1) is 16.0. The van der Waals surface area contributed by atoms with Crippen molar-refractivity contribution >= 4 is 56.4 Å². The minimum Gasteiger partial charge on any atom is -0.444 e. The Morgan fingerprint density at radius 3 is 2.76 bits per heavy atom. The normalized spacial score (nSPS) is 18.5. The Hall–Kier alpha value is -2.85. The molecule has 4 rings (SSSR count). The Morgan fingerprint density at radius 2 is 2.06 bits per heavy atom. The standard InChI is InChI=1S/C23H25BrClFN6O2/c1-23(2,3)34-22(33)30-15-8-14(9-15)29-20-16(10-28-32-11-12(24)6-19(20)32)21(27)31-18-7-13(26)4-5-17(18)25/h4-7,10-11,14-15,29H,8-9H2,1-3H3,(H2,27,31)(H,30,33)/t14-,15+. The summed E-state index contributed by atoms with van der Waals surface area (Å²) in [6.07, 6.45) is 4.42. The molecule has 0 spiro atoms. The van der Waals surface area contributed by atoms with Crippen LogP contribution in [0.25, 0.3) is 5.52 Å². The van der Waals surface area contributed by atoms with E-state index in [1.807, 2.05) is 33.0 Å². The van der Waals surface area contributed by atoms with Gasteiger partial charge in [-0.2, -0.15) is 5.10 Å². The van der Waals surface area contributed by atoms with Gasteiger partial charge in [0, 0.05) is 28.8 Å². The van der Waals surface area contributed by atoms with Gasteiger partial charge in [0.15, 0.2) is 0 Å². The van der Waals surface area contributed by atoms with Crippen molar-refractivity contribution in [2.75, 3.05) is 5.32 Å². The lowest BCUT2D eigenvalue weighted by Crippen LogP contribution is -2.51. The number of halogens is 3. The van der Waals surface area contributed by atoms with E-state index in [9.17, 15) is 9.18 Å². The number of aliphatic imine (C=N–C) groups is 1. The number of amidine groups is 1. The molecule has 2 aromatic heterocycles. The molecule has 0 saturated heterocycles. The molecule has 2 heterocycles. The van der Waals surface area contributed by atoms with E-state index in [2.05, 4.69) is 36.7 Å². The van der Waals surface area contributed by atoms with Crippen LogP contribution >= 0.6 is 27.5 Å². The van der Waals surface area contributed by atoms with Crippen molar-refractivity contribution in [2.45, 2.75) is 51.3 Å². The second-order valence-electron chi connectivity index (χ2n) is 9.17. The Balaban J connectivity index is 1.56. The van der Waals surface area contributed by atoms with Gasteiger partial charge in [-0.1, -0.05) is 11.6 Å². The maximum absolute atomic E-state index is 13.7. The van der Waals surface area contributed by atoms with Crippen molar-refractivity contribution in [1.29, 1.82) is 0 Å². The third-order valence-electron chi connectivity index (χ3n) is 5.24. The number of anilines is 1. The molecule has 11 heteroatoms. The number of hydrogen-bond acceptors (Lipinski definition) is 5. The van der Waals surface area contributed by atoms with E-state index in [-0.39, 0.29) is 28.6 Å². The second-order valence-corrected chi connectivity index (χ2v) is 10.5. The number of rotatable bonds is 5. The van der Waals surface area contributed by atoms with E-state index < -0.39 is 17.5 Å². The zero-order valence-corrected chi connectivity index (χ0v) is 21.2. The maximum Gasteiger partial charge on any atom is 0.407 e. The number of fused-ring (bicyclic) bond motifs is 1. The minimum atomic E-state index is -0.549. The highest BCUT2D eigenvalue weighted by atomic mass is 79.9. The van der Waals surface area contributed by atoms with Gasteiger partial charge in [0.25, 0.3) is 0 Å². The number of nitrogens with one attached hydrogen (secondary N) is 2. The summed E-state index contributed by atoms with van der Waals surface area (Å²) in [5.74, 6) is -0.318. The summed E-state index contributed by atoms with van der Waals surface area (Å²) in [6, 6.07) is 5.92. The van der Waals surface area contributed by atoms with Crippen LogP contribution in [0.4, 0.5) is 20.6 Å². The fourth-order valence-corrected chi connectivity index (χ4v) is 4.23. The number of nitrogens with two attached hydrogens (primary N) is 1. The van der Waals surface area contributed by atoms with E-state index in [0.717, 1.165) is 15.7 Å². The number of nitrogens with zero attached hydrogens (tertiary/aromatic N) is 3. The molecule has 3 aromatic rings. The average molecular weight is 552 g/mol. The molecule has 1 saturated carbocycles. The lowest BCUT2D eigenvalue weighted by Gasteiger charge is -2.37. The highest BCUT2D eigenvalue weighted by molar-refractivity contribution is 9.10. The fraction of sp³-hybridized carbons (Fsp3) is 0.348. The number of aromatic nitrogens is 2. The third kappa shape index (κ3) is 5.61. The first-order valence-corrected chi connectivity index (χ1v) is 11.9. The molecular weight excluding hydrogens is 527 g/mol. The molecule has 8 nitrogen and oxygen atoms in total. The van der Waals surface area contributed by atoms with Gasteiger partial charge in [-0.05, 0) is 67.7 Å². The van der Waals surface area contributed by atoms with Gasteiger partial charge in [-0.15, -0.1) is 0 Å². The number of amides is 1. The van der Waals surface area contributed by atoms with Crippen LogP contribution in [-0.2, 0) is 4.74 Å². The van der Waals surface area contributed by atoms with Crippen LogP contribution in [0.5, 0.6) is 0 Å². The largest absolute Gasteiger partial charge is 0.444 e. The number of benzene rings is 1. The second kappa shape index (κ2) is 9.42. The Labute approximate surface area is 209 Å². The van der Waals surface area contributed by atoms with Crippen LogP contribution in [0.15, 0.2) is 46.1 Å². The van der Waals surface area contributed by atoms with Crippen molar-refractivity contribution in [3.05, 3.63) is 57.5 Å². The molecule has 0 unspecified atom stereocenters. The average Bonchev–Trinajstić information content (AvgIpc) is 3.08. The molecule has 34 heavy (non-hydrogen) atoms. The maximum atomic E-state index is 13.7. The van der Waals surface area contributed by atoms with Crippen LogP contribution in [0, 0.1) is 5.82 Å². The minimum absolute atomic E-state index is 0.00398. The van der Waals surface area contributed by atoms with Crippen LogP contribution in [0.2, 0.25) is 5.02 Å². The highest BCUT2D eigenvalue weighted by Crippen LogP contribution is 2.32. The molecule has 180 valence electrons. The van der Waals surface area contributed by atoms with E-state index in [0.29, 0.717) is 18.4 Å². The van der Waals surface area contributed by atoms with Crippen molar-refractivity contribution < 1.29 is 13.9 Å². The third-order valence-corrected chi connectivity index (χ3v) is 5.99. The summed E-state index contributed by atoms with van der Waals surface area (Å²) in [6.45, 7) is 5.48. The number of ether oxygens (including phenoxy) is 1. The fourth-order valence-electron chi connectivity index (χ4n) is 3.66. The van der Waals surface area contributed by atoms with Crippen LogP contribution in [0.3, 0.4) is 0 Å². The van der Waals surface area contributed by atoms with Gasteiger partial charge in [0.1, 0.15) is 17.3 Å². The van der Waals surface area contributed by atoms with Crippen LogP contribution in [-0.4, -0.2) is 39.2 Å². The Kier molecular flexibility index (Phi) is 6.73. The summed E-state index contributed by atoms with van der Waals surface area (Å²) in [5.41, 5.74) is 8.08. The number of hydrogen-bond donors (Lipinski definition) is 3. The monoisotopic (exact) mass is 550 g/mol. The van der Waals surface area contributed by atoms with Gasteiger partial charge < -0.3 is 21.1 Å². The Bertz CT molecular complexity index is 1270. The van der Waals surface area contributed by atoms with Crippen LogP contribution in [0.1, 0.15) is 39.2 Å². The predicted molar refractivity (Wildman–Crippen MR) is 134 cm³/mol. The number of carbonyl (C=O) groups excluding carboxylic acids is 1. The lowest BCUT2D eigenvalue weighted by molar-refractivity contribution is 0.0475. The molecule has 1 amide bonds. The summed E-state index contributed by atoms with van der Waals surface area (Å²) in [7, 11) is 0. The lowest BCUT2D eigenvalue weighted by atomic mass is 9.86. The van der Waals surface area contributed by atoms with Gasteiger partial charge in [-0.25, -0.2) is 18.7 Å². The molecule has 4 N–H and O–H groups in total. The smallest absolute Gasteiger partial charge is 0.407 e. The van der Waals surface area contributed by atoms with E-state index in [1.54, 1.807) is 10.7 Å². The quantitative estimate of drug-likeness (QED) is 0.291. The van der Waals surface area contributed by atoms with Crippen molar-refractivity contribution in [1.82, 2.24) is 14.9 Å². The van der Waals surface area contributed by atoms with Gasteiger partial charge in [0.05, 0.1) is 33.7 Å². The van der Waals surface area contributed by atoms with Gasteiger partial charge in [-0.3, -0.25) is 0 Å². The molecule has 1 aliphatic rings. The van der Waals surface area contributed by atoms with E-state index >= 15 is 0 Å². The predicted octanol–water partition coefficient (Wildman–Crippen LogP) is 5.39. The molecule has 1 aromatic carbocycles. The summed E-state index contributed by atoms with van der Waals surface area (Å²) >= 11 is 9.64. The van der Waals surface area contributed by atoms with E-state index in [1.165, 1.54) is 18.2 Å². The Morgan fingerprint density at radius 1 is 1.32 bits per heavy atom.